The van der Waals surface area contributed by atoms with E-state index in [0.29, 0.717) is 43.4 Å². The van der Waals surface area contributed by atoms with Gasteiger partial charge in [-0.05, 0) is 37.0 Å². The molecule has 2 N–H and O–H groups in total. The number of aryl methyl sites for hydroxylation is 1. The molecule has 166 valence electrons. The van der Waals surface area contributed by atoms with Crippen LogP contribution in [0.1, 0.15) is 29.5 Å². The molecule has 3 aromatic rings. The predicted molar refractivity (Wildman–Crippen MR) is 114 cm³/mol. The lowest BCUT2D eigenvalue weighted by Gasteiger charge is -2.38. The Hall–Kier alpha value is -2.35. The molecule has 0 spiro atoms. The number of aromatic nitrogens is 1. The van der Waals surface area contributed by atoms with Crippen molar-refractivity contribution in [3.8, 4) is 0 Å². The molecule has 2 heterocycles. The summed E-state index contributed by atoms with van der Waals surface area (Å²) in [5.41, 5.74) is -0.572. The SMILES string of the molecule is Cc1ccc2c(C(O)(CN3CCC(O)CC3)C(F)(F)F)cn(Cc3ccccc3)c2c1. The maximum absolute atomic E-state index is 14.3. The summed E-state index contributed by atoms with van der Waals surface area (Å²) in [6.07, 6.45) is -3.08. The van der Waals surface area contributed by atoms with Gasteiger partial charge >= 0.3 is 6.18 Å². The lowest BCUT2D eigenvalue weighted by Crippen LogP contribution is -2.52. The fraction of sp³-hybridized carbons (Fsp3) is 0.417. The number of rotatable bonds is 5. The number of nitrogens with zero attached hydrogens (tertiary/aromatic N) is 2. The van der Waals surface area contributed by atoms with E-state index in [9.17, 15) is 23.4 Å². The first-order chi connectivity index (χ1) is 14.7. The van der Waals surface area contributed by atoms with Crippen molar-refractivity contribution in [1.82, 2.24) is 9.47 Å². The zero-order chi connectivity index (χ0) is 22.2. The molecule has 0 radical (unpaired) electrons. The molecule has 1 aromatic heterocycles. The molecule has 0 aliphatic carbocycles. The number of alkyl halides is 3. The van der Waals surface area contributed by atoms with Crippen LogP contribution in [-0.2, 0) is 12.1 Å². The molecule has 31 heavy (non-hydrogen) atoms. The third-order valence-electron chi connectivity index (χ3n) is 6.16. The van der Waals surface area contributed by atoms with E-state index in [4.69, 9.17) is 0 Å². The van der Waals surface area contributed by atoms with Gasteiger partial charge < -0.3 is 14.8 Å². The minimum absolute atomic E-state index is 0.128. The van der Waals surface area contributed by atoms with Crippen molar-refractivity contribution in [1.29, 1.82) is 0 Å². The number of hydrogen-bond donors (Lipinski definition) is 2. The van der Waals surface area contributed by atoms with Crippen LogP contribution in [0.3, 0.4) is 0 Å². The molecule has 7 heteroatoms. The van der Waals surface area contributed by atoms with Crippen molar-refractivity contribution in [2.45, 2.75) is 44.2 Å². The third kappa shape index (κ3) is 4.35. The second-order valence-electron chi connectivity index (χ2n) is 8.54. The van der Waals surface area contributed by atoms with E-state index in [0.717, 1.165) is 11.1 Å². The Morgan fingerprint density at radius 1 is 1.03 bits per heavy atom. The smallest absolute Gasteiger partial charge is 0.393 e. The van der Waals surface area contributed by atoms with Crippen LogP contribution in [0, 0.1) is 6.92 Å². The molecule has 1 aliphatic rings. The number of benzene rings is 2. The minimum atomic E-state index is -4.85. The van der Waals surface area contributed by atoms with Crippen LogP contribution in [0.25, 0.3) is 10.9 Å². The van der Waals surface area contributed by atoms with E-state index in [1.165, 1.54) is 6.20 Å². The van der Waals surface area contributed by atoms with Gasteiger partial charge in [0, 0.05) is 48.8 Å². The van der Waals surface area contributed by atoms with Crippen LogP contribution in [-0.4, -0.2) is 51.6 Å². The van der Waals surface area contributed by atoms with Crippen molar-refractivity contribution in [3.63, 3.8) is 0 Å². The zero-order valence-corrected chi connectivity index (χ0v) is 17.4. The highest BCUT2D eigenvalue weighted by atomic mass is 19.4. The molecule has 1 fully saturated rings. The van der Waals surface area contributed by atoms with Crippen molar-refractivity contribution >= 4 is 10.9 Å². The molecule has 4 nitrogen and oxygen atoms in total. The van der Waals surface area contributed by atoms with Gasteiger partial charge in [0.1, 0.15) is 0 Å². The summed E-state index contributed by atoms with van der Waals surface area (Å²) in [6.45, 7) is 2.39. The molecule has 1 aliphatic heterocycles. The van der Waals surface area contributed by atoms with E-state index in [1.54, 1.807) is 21.6 Å². The van der Waals surface area contributed by atoms with Crippen LogP contribution in [0.4, 0.5) is 13.2 Å². The van der Waals surface area contributed by atoms with Gasteiger partial charge in [0.15, 0.2) is 0 Å². The number of β-amino-alcohol motifs (C(OH)–C–C–N with tert-alkyl or cyclic N) is 1. The topological polar surface area (TPSA) is 48.6 Å². The fourth-order valence-corrected chi connectivity index (χ4v) is 4.37. The fourth-order valence-electron chi connectivity index (χ4n) is 4.37. The van der Waals surface area contributed by atoms with E-state index in [1.807, 2.05) is 43.3 Å². The highest BCUT2D eigenvalue weighted by molar-refractivity contribution is 5.86. The van der Waals surface area contributed by atoms with Crippen LogP contribution >= 0.6 is 0 Å². The van der Waals surface area contributed by atoms with Gasteiger partial charge in [-0.25, -0.2) is 0 Å². The van der Waals surface area contributed by atoms with Gasteiger partial charge in [-0.15, -0.1) is 0 Å². The number of hydrogen-bond acceptors (Lipinski definition) is 3. The van der Waals surface area contributed by atoms with Crippen LogP contribution in [0.5, 0.6) is 0 Å². The first-order valence-corrected chi connectivity index (χ1v) is 10.5. The Balaban J connectivity index is 1.79. The van der Waals surface area contributed by atoms with Gasteiger partial charge in [0.25, 0.3) is 0 Å². The summed E-state index contributed by atoms with van der Waals surface area (Å²) in [5, 5.41) is 21.2. The second-order valence-corrected chi connectivity index (χ2v) is 8.54. The van der Waals surface area contributed by atoms with E-state index in [2.05, 4.69) is 0 Å². The van der Waals surface area contributed by atoms with Crippen molar-refractivity contribution in [2.24, 2.45) is 0 Å². The van der Waals surface area contributed by atoms with Gasteiger partial charge in [0.2, 0.25) is 5.60 Å². The number of fused-ring (bicyclic) bond motifs is 1. The van der Waals surface area contributed by atoms with E-state index < -0.39 is 24.4 Å². The standard InChI is InChI=1S/C24H27F3N2O2/c1-17-7-8-20-21(15-29(22(20)13-17)14-18-5-3-2-4-6-18)23(31,24(25,26)27)16-28-11-9-19(30)10-12-28/h2-8,13,15,19,30-31H,9-12,14,16H2,1H3. The lowest BCUT2D eigenvalue weighted by molar-refractivity contribution is -0.272. The number of aliphatic hydroxyl groups is 2. The highest BCUT2D eigenvalue weighted by Gasteiger charge is 2.57. The summed E-state index contributed by atoms with van der Waals surface area (Å²) in [5.74, 6) is 0. The lowest BCUT2D eigenvalue weighted by atomic mass is 9.90. The van der Waals surface area contributed by atoms with Gasteiger partial charge in [-0.1, -0.05) is 42.5 Å². The molecule has 0 saturated carbocycles. The van der Waals surface area contributed by atoms with Gasteiger partial charge in [0.05, 0.1) is 6.10 Å². The van der Waals surface area contributed by atoms with Gasteiger partial charge in [-0.2, -0.15) is 13.2 Å². The monoisotopic (exact) mass is 432 g/mol. The summed E-state index contributed by atoms with van der Waals surface area (Å²) < 4.78 is 44.8. The number of likely N-dealkylation sites (tertiary alicyclic amines) is 1. The molecular weight excluding hydrogens is 405 g/mol. The first kappa shape index (κ1) is 21.9. The Bertz CT molecular complexity index is 1040. The minimum Gasteiger partial charge on any atom is -0.393 e. The highest BCUT2D eigenvalue weighted by Crippen LogP contribution is 2.43. The number of halogens is 3. The van der Waals surface area contributed by atoms with Crippen LogP contribution in [0.15, 0.2) is 54.7 Å². The molecule has 0 bridgehead atoms. The summed E-state index contributed by atoms with van der Waals surface area (Å²) >= 11 is 0. The molecule has 1 saturated heterocycles. The quantitative estimate of drug-likeness (QED) is 0.635. The molecule has 1 atom stereocenters. The van der Waals surface area contributed by atoms with Crippen molar-refractivity contribution in [2.75, 3.05) is 19.6 Å². The molecule has 4 rings (SSSR count). The summed E-state index contributed by atoms with van der Waals surface area (Å²) in [6, 6.07) is 14.8. The first-order valence-electron chi connectivity index (χ1n) is 10.5. The normalized spacial score (nSPS) is 18.4. The zero-order valence-electron chi connectivity index (χ0n) is 17.4. The Kier molecular flexibility index (Phi) is 5.85. The average molecular weight is 432 g/mol. The molecule has 0 amide bonds. The summed E-state index contributed by atoms with van der Waals surface area (Å²) in [4.78, 5) is 1.59. The van der Waals surface area contributed by atoms with Crippen molar-refractivity contribution in [3.05, 3.63) is 71.4 Å². The van der Waals surface area contributed by atoms with Crippen LogP contribution in [0.2, 0.25) is 0 Å². The van der Waals surface area contributed by atoms with E-state index >= 15 is 0 Å². The Morgan fingerprint density at radius 2 is 1.71 bits per heavy atom. The van der Waals surface area contributed by atoms with Gasteiger partial charge in [-0.3, -0.25) is 4.90 Å². The second kappa shape index (κ2) is 8.30. The maximum Gasteiger partial charge on any atom is 0.422 e. The largest absolute Gasteiger partial charge is 0.422 e. The summed E-state index contributed by atoms with van der Waals surface area (Å²) in [7, 11) is 0. The molecular formula is C24H27F3N2O2. The molecule has 1 unspecified atom stereocenters. The van der Waals surface area contributed by atoms with Crippen LogP contribution < -0.4 is 0 Å². The number of piperidine rings is 1. The molecule has 2 aromatic carbocycles. The third-order valence-corrected chi connectivity index (χ3v) is 6.16. The predicted octanol–water partition coefficient (Wildman–Crippen LogP) is 4.20. The van der Waals surface area contributed by atoms with E-state index in [-0.39, 0.29) is 5.56 Å². The van der Waals surface area contributed by atoms with Crippen molar-refractivity contribution < 1.29 is 23.4 Å². The Labute approximate surface area is 179 Å². The average Bonchev–Trinajstić information content (AvgIpc) is 3.07. The number of aliphatic hydroxyl groups excluding tert-OH is 1. The maximum atomic E-state index is 14.3. The Morgan fingerprint density at radius 3 is 2.35 bits per heavy atom.